The highest BCUT2D eigenvalue weighted by Gasteiger charge is 2.47. The van der Waals surface area contributed by atoms with Crippen molar-refractivity contribution < 1.29 is 8.83 Å². The molecule has 0 N–H and O–H groups in total. The summed E-state index contributed by atoms with van der Waals surface area (Å²) in [6.45, 7) is 0. The molecule has 13 aromatic rings. The quantitative estimate of drug-likeness (QED) is 0.160. The number of nitrogens with zero attached hydrogens (tertiary/aromatic N) is 1. The summed E-state index contributed by atoms with van der Waals surface area (Å²) < 4.78 is 13.5. The molecule has 3 heteroatoms. The number of benzene rings is 11. The first-order chi connectivity index (χ1) is 33.7. The largest absolute Gasteiger partial charge is 0.456 e. The van der Waals surface area contributed by atoms with Crippen LogP contribution in [0.5, 0.6) is 0 Å². The molecule has 3 nitrogen and oxygen atoms in total. The molecule has 0 amide bonds. The van der Waals surface area contributed by atoms with Crippen molar-refractivity contribution in [2.75, 3.05) is 4.90 Å². The van der Waals surface area contributed by atoms with Gasteiger partial charge in [0.1, 0.15) is 22.3 Å². The SMILES string of the molecule is c1ccc(-c2cccc3c2-c2ccccc2C3(c2ccccc2)c2cccc(N(c3ccc4oc5cccc(-c6ccccc6)c5c4c3)c3cccc4oc5c6ccccc6ccc5c34)c2)cc1. The van der Waals surface area contributed by atoms with E-state index in [1.807, 2.05) is 0 Å². The van der Waals surface area contributed by atoms with Crippen molar-refractivity contribution in [3.8, 4) is 33.4 Å². The van der Waals surface area contributed by atoms with Gasteiger partial charge in [-0.15, -0.1) is 0 Å². The predicted octanol–water partition coefficient (Wildman–Crippen LogP) is 17.8. The Labute approximate surface area is 393 Å². The van der Waals surface area contributed by atoms with Gasteiger partial charge in [-0.2, -0.15) is 0 Å². The molecule has 1 aliphatic rings. The Morgan fingerprint density at radius 2 is 0.956 bits per heavy atom. The molecule has 0 bridgehead atoms. The fourth-order valence-corrected chi connectivity index (χ4v) is 11.5. The molecule has 0 saturated carbocycles. The second kappa shape index (κ2) is 15.1. The molecule has 2 aromatic heterocycles. The molecule has 0 radical (unpaired) electrons. The van der Waals surface area contributed by atoms with Crippen LogP contribution >= 0.6 is 0 Å². The van der Waals surface area contributed by atoms with Crippen LogP contribution < -0.4 is 4.90 Å². The normalized spacial score (nSPS) is 14.2. The van der Waals surface area contributed by atoms with Crippen LogP contribution in [0.3, 0.4) is 0 Å². The van der Waals surface area contributed by atoms with Gasteiger partial charge in [0, 0.05) is 32.9 Å². The van der Waals surface area contributed by atoms with Gasteiger partial charge in [-0.1, -0.05) is 194 Å². The Bertz CT molecular complexity index is 4090. The molecular formula is C65H41NO2. The van der Waals surface area contributed by atoms with E-state index in [9.17, 15) is 0 Å². The van der Waals surface area contributed by atoms with E-state index in [-0.39, 0.29) is 0 Å². The lowest BCUT2D eigenvalue weighted by Crippen LogP contribution is -2.29. The lowest BCUT2D eigenvalue weighted by Gasteiger charge is -2.35. The first kappa shape index (κ1) is 38.4. The zero-order valence-electron chi connectivity index (χ0n) is 36.9. The van der Waals surface area contributed by atoms with Gasteiger partial charge in [0.15, 0.2) is 0 Å². The summed E-state index contributed by atoms with van der Waals surface area (Å²) in [6.07, 6.45) is 0. The highest BCUT2D eigenvalue weighted by molar-refractivity contribution is 6.20. The molecule has 11 aromatic carbocycles. The van der Waals surface area contributed by atoms with Crippen LogP contribution in [0.4, 0.5) is 17.1 Å². The third-order valence-electron chi connectivity index (χ3n) is 14.3. The number of hydrogen-bond donors (Lipinski definition) is 0. The van der Waals surface area contributed by atoms with E-state index in [0.29, 0.717) is 0 Å². The maximum Gasteiger partial charge on any atom is 0.143 e. The molecular weight excluding hydrogens is 827 g/mol. The monoisotopic (exact) mass is 867 g/mol. The molecule has 0 spiro atoms. The van der Waals surface area contributed by atoms with Gasteiger partial charge in [0.05, 0.1) is 16.5 Å². The number of fused-ring (bicyclic) bond motifs is 11. The number of furan rings is 2. The van der Waals surface area contributed by atoms with E-state index < -0.39 is 5.41 Å². The standard InChI is InChI=1S/C65H41NO2/c1-4-18-42(19-5-1)49-29-15-32-56-61(49)52-28-12-13-31-55(52)65(56,45-23-8-3-9-24-45)46-25-14-26-47(40-46)66(57-33-17-35-60-63(57)53-38-36-44-22-10-11-27-51(44)64(53)68-60)48-37-39-58-54(41-48)62-50(30-16-34-59(62)67-58)43-20-6-2-7-21-43/h1-41H. The van der Waals surface area contributed by atoms with E-state index in [2.05, 4.69) is 254 Å². The van der Waals surface area contributed by atoms with Gasteiger partial charge in [-0.05, 0) is 116 Å². The third kappa shape index (κ3) is 5.60. The summed E-state index contributed by atoms with van der Waals surface area (Å²) in [5.41, 5.74) is 18.0. The molecule has 0 saturated heterocycles. The summed E-state index contributed by atoms with van der Waals surface area (Å²) >= 11 is 0. The smallest absolute Gasteiger partial charge is 0.143 e. The minimum Gasteiger partial charge on any atom is -0.456 e. The van der Waals surface area contributed by atoms with Gasteiger partial charge < -0.3 is 13.7 Å². The summed E-state index contributed by atoms with van der Waals surface area (Å²) in [7, 11) is 0. The Morgan fingerprint density at radius 1 is 0.338 bits per heavy atom. The van der Waals surface area contributed by atoms with Crippen molar-refractivity contribution in [3.05, 3.63) is 271 Å². The summed E-state index contributed by atoms with van der Waals surface area (Å²) in [6, 6.07) is 90.1. The van der Waals surface area contributed by atoms with E-state index in [4.69, 9.17) is 8.83 Å². The van der Waals surface area contributed by atoms with Crippen LogP contribution in [0.15, 0.2) is 258 Å². The lowest BCUT2D eigenvalue weighted by molar-refractivity contribution is 0.669. The Kier molecular flexibility index (Phi) is 8.50. The third-order valence-corrected chi connectivity index (χ3v) is 14.3. The predicted molar refractivity (Wildman–Crippen MR) is 281 cm³/mol. The molecule has 2 heterocycles. The number of anilines is 3. The van der Waals surface area contributed by atoms with Crippen LogP contribution in [0.2, 0.25) is 0 Å². The van der Waals surface area contributed by atoms with E-state index >= 15 is 0 Å². The van der Waals surface area contributed by atoms with Crippen molar-refractivity contribution in [3.63, 3.8) is 0 Å². The Morgan fingerprint density at radius 3 is 1.79 bits per heavy atom. The van der Waals surface area contributed by atoms with E-state index in [1.54, 1.807) is 0 Å². The van der Waals surface area contributed by atoms with Crippen molar-refractivity contribution in [1.29, 1.82) is 0 Å². The fourth-order valence-electron chi connectivity index (χ4n) is 11.5. The van der Waals surface area contributed by atoms with Crippen molar-refractivity contribution in [2.24, 2.45) is 0 Å². The van der Waals surface area contributed by atoms with Gasteiger partial charge in [0.25, 0.3) is 0 Å². The van der Waals surface area contributed by atoms with Crippen molar-refractivity contribution in [2.45, 2.75) is 5.41 Å². The minimum atomic E-state index is -0.637. The maximum absolute atomic E-state index is 6.87. The average Bonchev–Trinajstić information content (AvgIpc) is 4.09. The molecule has 0 aliphatic heterocycles. The van der Waals surface area contributed by atoms with Gasteiger partial charge >= 0.3 is 0 Å². The van der Waals surface area contributed by atoms with Crippen molar-refractivity contribution in [1.82, 2.24) is 0 Å². The van der Waals surface area contributed by atoms with Gasteiger partial charge in [-0.3, -0.25) is 0 Å². The topological polar surface area (TPSA) is 29.5 Å². The van der Waals surface area contributed by atoms with E-state index in [0.717, 1.165) is 82.8 Å². The van der Waals surface area contributed by atoms with Crippen LogP contribution in [0, 0.1) is 0 Å². The van der Waals surface area contributed by atoms with Crippen LogP contribution in [0.25, 0.3) is 88.0 Å². The molecule has 1 aliphatic carbocycles. The summed E-state index contributed by atoms with van der Waals surface area (Å²) in [5.74, 6) is 0. The van der Waals surface area contributed by atoms with Crippen LogP contribution in [0.1, 0.15) is 22.3 Å². The maximum atomic E-state index is 6.87. The highest BCUT2D eigenvalue weighted by Crippen LogP contribution is 2.59. The molecule has 1 unspecified atom stereocenters. The minimum absolute atomic E-state index is 0.637. The van der Waals surface area contributed by atoms with E-state index in [1.165, 1.54) is 44.5 Å². The summed E-state index contributed by atoms with van der Waals surface area (Å²) in [4.78, 5) is 2.43. The second-order valence-electron chi connectivity index (χ2n) is 17.9. The molecule has 1 atom stereocenters. The number of hydrogen-bond acceptors (Lipinski definition) is 3. The molecule has 318 valence electrons. The number of rotatable bonds is 7. The zero-order chi connectivity index (χ0) is 44.8. The zero-order valence-corrected chi connectivity index (χ0v) is 36.9. The van der Waals surface area contributed by atoms with Gasteiger partial charge in [-0.25, -0.2) is 0 Å². The summed E-state index contributed by atoms with van der Waals surface area (Å²) in [5, 5.41) is 6.53. The Balaban J connectivity index is 1.06. The molecule has 68 heavy (non-hydrogen) atoms. The lowest BCUT2D eigenvalue weighted by atomic mass is 9.67. The van der Waals surface area contributed by atoms with Crippen molar-refractivity contribution >= 4 is 71.7 Å². The second-order valence-corrected chi connectivity index (χ2v) is 17.9. The average molecular weight is 868 g/mol. The van der Waals surface area contributed by atoms with Gasteiger partial charge in [0.2, 0.25) is 0 Å². The van der Waals surface area contributed by atoms with Crippen LogP contribution in [-0.2, 0) is 5.41 Å². The first-order valence-electron chi connectivity index (χ1n) is 23.3. The molecule has 14 rings (SSSR count). The highest BCUT2D eigenvalue weighted by atomic mass is 16.3. The Hall–Kier alpha value is -8.92. The van der Waals surface area contributed by atoms with Crippen LogP contribution in [-0.4, -0.2) is 0 Å². The first-order valence-corrected chi connectivity index (χ1v) is 23.3. The fraction of sp³-hybridized carbons (Fsp3) is 0.0154. The molecule has 0 fully saturated rings.